The molecule has 1 atom stereocenters. The van der Waals surface area contributed by atoms with Crippen molar-refractivity contribution >= 4 is 52.8 Å². The second kappa shape index (κ2) is 17.5. The Labute approximate surface area is 374 Å². The van der Waals surface area contributed by atoms with Crippen LogP contribution in [0.15, 0.2) is 93.9 Å². The molecule has 0 bridgehead atoms. The summed E-state index contributed by atoms with van der Waals surface area (Å²) in [5, 5.41) is 0. The van der Waals surface area contributed by atoms with E-state index in [-0.39, 0.29) is 27.6 Å². The number of alkyl halides is 4. The van der Waals surface area contributed by atoms with E-state index in [0.717, 1.165) is 12.1 Å². The van der Waals surface area contributed by atoms with Crippen molar-refractivity contribution in [3.63, 3.8) is 0 Å². The zero-order valence-corrected chi connectivity index (χ0v) is 41.6. The van der Waals surface area contributed by atoms with Gasteiger partial charge in [0.25, 0.3) is 0 Å². The molecule has 0 aliphatic rings. The molecule has 0 aromatic heterocycles. The average Bonchev–Trinajstić information content (AvgIpc) is 3.08. The highest BCUT2D eigenvalue weighted by Gasteiger charge is 2.59. The van der Waals surface area contributed by atoms with Crippen LogP contribution in [-0.4, -0.2) is 26.8 Å². The monoisotopic (exact) mass is 1020 g/mol. The van der Waals surface area contributed by atoms with Crippen LogP contribution < -0.4 is 0 Å². The van der Waals surface area contributed by atoms with Crippen LogP contribution in [0.2, 0.25) is 0 Å². The molecule has 0 radical (unpaired) electrons. The molecule has 7 nitrogen and oxygen atoms in total. The van der Waals surface area contributed by atoms with Crippen molar-refractivity contribution in [3.8, 4) is 0 Å². The summed E-state index contributed by atoms with van der Waals surface area (Å²) in [4.78, 5) is 35.4. The summed E-state index contributed by atoms with van der Waals surface area (Å²) in [6.07, 6.45) is -0.219. The summed E-state index contributed by atoms with van der Waals surface area (Å²) < 4.78 is 103. The number of ketones is 1. The van der Waals surface area contributed by atoms with Crippen LogP contribution in [0.4, 0.5) is 17.6 Å². The van der Waals surface area contributed by atoms with Crippen LogP contribution in [0.3, 0.4) is 0 Å². The topological polar surface area (TPSA) is 110 Å². The van der Waals surface area contributed by atoms with Crippen molar-refractivity contribution in [2.75, 3.05) is 0 Å². The van der Waals surface area contributed by atoms with Crippen molar-refractivity contribution in [1.82, 2.24) is 0 Å². The summed E-state index contributed by atoms with van der Waals surface area (Å²) in [6, 6.07) is 22.5. The Morgan fingerprint density at radius 3 is 1.54 bits per heavy atom. The molecule has 0 fully saturated rings. The molecule has 0 aliphatic carbocycles. The lowest BCUT2D eigenvalue weighted by Gasteiger charge is -2.40. The van der Waals surface area contributed by atoms with Gasteiger partial charge in [0.15, 0.2) is 5.78 Å². The SMILES string of the molecule is CC(C)(C)OP(=O)(OC(C)(C)C)C(F)(F)c1ccc(CC(Cc2c(C(C)(C)C)cc(C(F)(F)P(=O)(O)O)c(Br)c2C(C)(C)C)(C(=O)c2ccccc2)c2ccccc2)cc1Br. The van der Waals surface area contributed by atoms with Crippen molar-refractivity contribution in [3.05, 3.63) is 138 Å². The van der Waals surface area contributed by atoms with Gasteiger partial charge in [0.05, 0.1) is 16.6 Å². The minimum Gasteiger partial charge on any atom is -0.320 e. The molecule has 0 heterocycles. The standard InChI is InChI=1S/C46H56Br2F4O7P2/c1-40(2,3)34-26-35(45(49,50)60(54,55)56)38(48)37(41(4,5)6)32(34)28-44(31-21-17-14-18-22-31,39(53)30-19-15-13-16-20-30)27-29-23-24-33(36(47)25-29)46(51,52)61(57,58-42(7,8)9)59-43(10,11)12/h13-26H,27-28H2,1-12H3,(H2,54,55,56). The highest BCUT2D eigenvalue weighted by atomic mass is 79.9. The van der Waals surface area contributed by atoms with E-state index >= 15 is 22.4 Å². The molecule has 0 spiro atoms. The predicted molar refractivity (Wildman–Crippen MR) is 241 cm³/mol. The van der Waals surface area contributed by atoms with Crippen LogP contribution in [-0.2, 0) is 58.6 Å². The van der Waals surface area contributed by atoms with Crippen molar-refractivity contribution < 1.29 is 50.3 Å². The first kappa shape index (κ1) is 51.2. The Bertz CT molecular complexity index is 2320. The summed E-state index contributed by atoms with van der Waals surface area (Å²) in [7, 11) is -11.2. The zero-order chi connectivity index (χ0) is 46.6. The van der Waals surface area contributed by atoms with Gasteiger partial charge in [0.2, 0.25) is 0 Å². The van der Waals surface area contributed by atoms with E-state index in [4.69, 9.17) is 9.05 Å². The fourth-order valence-electron chi connectivity index (χ4n) is 7.45. The van der Waals surface area contributed by atoms with E-state index < -0.39 is 65.1 Å². The predicted octanol–water partition coefficient (Wildman–Crippen LogP) is 14.5. The molecular formula is C46H56Br2F4O7P2. The molecule has 61 heavy (non-hydrogen) atoms. The molecule has 2 N–H and O–H groups in total. The van der Waals surface area contributed by atoms with Crippen molar-refractivity contribution in [1.29, 1.82) is 0 Å². The number of rotatable bonds is 13. The fourth-order valence-corrected chi connectivity index (χ4v) is 12.3. The average molecular weight is 1020 g/mol. The van der Waals surface area contributed by atoms with Crippen LogP contribution >= 0.6 is 47.1 Å². The summed E-state index contributed by atoms with van der Waals surface area (Å²) in [6.45, 7) is 19.7. The van der Waals surface area contributed by atoms with Crippen molar-refractivity contribution in [2.45, 2.75) is 135 Å². The lowest BCUT2D eigenvalue weighted by Crippen LogP contribution is -2.42. The number of carbonyl (C=O) groups excluding carboxylic acids is 1. The highest BCUT2D eigenvalue weighted by Crippen LogP contribution is 2.70. The summed E-state index contributed by atoms with van der Waals surface area (Å²) >= 11 is 6.71. The molecule has 4 aromatic rings. The quantitative estimate of drug-likeness (QED) is 0.0780. The molecule has 4 rings (SSSR count). The lowest BCUT2D eigenvalue weighted by molar-refractivity contribution is -0.0216. The highest BCUT2D eigenvalue weighted by molar-refractivity contribution is 9.10. The molecule has 0 saturated carbocycles. The van der Waals surface area contributed by atoms with E-state index in [1.807, 2.05) is 0 Å². The fraction of sp³-hybridized carbons (Fsp3) is 0.457. The Morgan fingerprint density at radius 2 is 1.11 bits per heavy atom. The summed E-state index contributed by atoms with van der Waals surface area (Å²) in [5.41, 5.74) is -13.8. The van der Waals surface area contributed by atoms with E-state index in [2.05, 4.69) is 31.9 Å². The van der Waals surface area contributed by atoms with E-state index in [0.29, 0.717) is 33.4 Å². The minimum atomic E-state index is -6.03. The van der Waals surface area contributed by atoms with Gasteiger partial charge in [-0.25, -0.2) is 0 Å². The zero-order valence-electron chi connectivity index (χ0n) is 36.6. The maximum atomic E-state index is 16.7. The molecule has 4 aromatic carbocycles. The summed E-state index contributed by atoms with van der Waals surface area (Å²) in [5.74, 6) is -0.355. The normalized spacial score (nSPS) is 14.8. The Hall–Kier alpha value is -2.47. The Balaban J connectivity index is 2.13. The first-order valence-electron chi connectivity index (χ1n) is 19.6. The van der Waals surface area contributed by atoms with Gasteiger partial charge >= 0.3 is 26.5 Å². The third-order valence-electron chi connectivity index (χ3n) is 9.89. The third kappa shape index (κ3) is 11.1. The minimum absolute atomic E-state index is 0.102. The maximum absolute atomic E-state index is 16.7. The second-order valence-electron chi connectivity index (χ2n) is 19.5. The largest absolute Gasteiger partial charge is 0.405 e. The maximum Gasteiger partial charge on any atom is 0.405 e. The number of halogens is 6. The smallest absolute Gasteiger partial charge is 0.320 e. The number of Topliss-reactive ketones (excluding diaryl/α,β-unsaturated/α-hetero) is 1. The van der Waals surface area contributed by atoms with Gasteiger partial charge < -0.3 is 9.79 Å². The number of hydrogen-bond donors (Lipinski definition) is 2. The molecule has 1 unspecified atom stereocenters. The Morgan fingerprint density at radius 1 is 0.623 bits per heavy atom. The lowest BCUT2D eigenvalue weighted by atomic mass is 9.63. The van der Waals surface area contributed by atoms with E-state index in [9.17, 15) is 18.9 Å². The third-order valence-corrected chi connectivity index (χ3v) is 14.8. The van der Waals surface area contributed by atoms with Gasteiger partial charge in [-0.15, -0.1) is 0 Å². The molecule has 15 heteroatoms. The van der Waals surface area contributed by atoms with Crippen LogP contribution in [0.1, 0.15) is 132 Å². The number of hydrogen-bond acceptors (Lipinski definition) is 5. The van der Waals surface area contributed by atoms with Gasteiger partial charge in [-0.2, -0.15) is 17.6 Å². The van der Waals surface area contributed by atoms with Crippen LogP contribution in [0, 0.1) is 0 Å². The van der Waals surface area contributed by atoms with Crippen molar-refractivity contribution in [2.24, 2.45) is 0 Å². The molecule has 334 valence electrons. The van der Waals surface area contributed by atoms with Gasteiger partial charge in [0, 0.05) is 25.6 Å². The van der Waals surface area contributed by atoms with Gasteiger partial charge in [0.1, 0.15) is 0 Å². The molecule has 0 aliphatic heterocycles. The van der Waals surface area contributed by atoms with Gasteiger partial charge in [-0.1, -0.05) is 130 Å². The number of carbonyl (C=O) groups is 1. The van der Waals surface area contributed by atoms with Crippen LogP contribution in [0.25, 0.3) is 0 Å². The Kier molecular flexibility index (Phi) is 14.7. The van der Waals surface area contributed by atoms with E-state index in [1.54, 1.807) is 102 Å². The van der Waals surface area contributed by atoms with Crippen LogP contribution in [0.5, 0.6) is 0 Å². The molecule has 0 amide bonds. The first-order chi connectivity index (χ1) is 27.5. The first-order valence-corrected chi connectivity index (χ1v) is 24.4. The second-order valence-corrected chi connectivity index (χ2v) is 24.7. The van der Waals surface area contributed by atoms with Gasteiger partial charge in [-0.05, 0) is 121 Å². The molecule has 0 saturated heterocycles. The number of benzene rings is 4. The van der Waals surface area contributed by atoms with E-state index in [1.165, 1.54) is 53.7 Å². The molecular weight excluding hydrogens is 962 g/mol. The van der Waals surface area contributed by atoms with Gasteiger partial charge in [-0.3, -0.25) is 23.0 Å².